The first-order chi connectivity index (χ1) is 6.31. The predicted molar refractivity (Wildman–Crippen MR) is 49.6 cm³/mol. The number of aliphatic hydroxyl groups excluding tert-OH is 1. The normalized spacial score (nSPS) is 18.3. The van der Waals surface area contributed by atoms with Crippen molar-refractivity contribution in [2.75, 3.05) is 13.2 Å². The third-order valence-corrected chi connectivity index (χ3v) is 3.18. The molecule has 1 fully saturated rings. The Labute approximate surface area is 80.9 Å². The average molecular weight is 200 g/mol. The molecule has 1 aliphatic rings. The van der Waals surface area contributed by atoms with Gasteiger partial charge in [0.1, 0.15) is 0 Å². The zero-order valence-electron chi connectivity index (χ0n) is 7.45. The van der Waals surface area contributed by atoms with Gasteiger partial charge in [0.25, 0.3) is 0 Å². The highest BCUT2D eigenvalue weighted by Crippen LogP contribution is 2.31. The van der Waals surface area contributed by atoms with E-state index in [0.717, 1.165) is 15.3 Å². The topological polar surface area (TPSA) is 38.7 Å². The van der Waals surface area contributed by atoms with Crippen LogP contribution in [0.4, 0.5) is 0 Å². The SMILES string of the molecule is Cc1sc(C2OCCO2)cc1CO. The number of ether oxygens (including phenoxy) is 2. The lowest BCUT2D eigenvalue weighted by Gasteiger charge is -2.04. The summed E-state index contributed by atoms with van der Waals surface area (Å²) in [6.45, 7) is 3.41. The van der Waals surface area contributed by atoms with E-state index < -0.39 is 0 Å². The maximum atomic E-state index is 9.00. The van der Waals surface area contributed by atoms with E-state index >= 15 is 0 Å². The minimum atomic E-state index is -0.205. The van der Waals surface area contributed by atoms with Crippen molar-refractivity contribution in [1.82, 2.24) is 0 Å². The summed E-state index contributed by atoms with van der Waals surface area (Å²) in [6, 6.07) is 1.95. The van der Waals surface area contributed by atoms with Gasteiger partial charge in [-0.05, 0) is 18.6 Å². The zero-order valence-corrected chi connectivity index (χ0v) is 8.26. The summed E-state index contributed by atoms with van der Waals surface area (Å²) < 4.78 is 10.7. The van der Waals surface area contributed by atoms with Crippen molar-refractivity contribution in [3.05, 3.63) is 21.4 Å². The van der Waals surface area contributed by atoms with Crippen molar-refractivity contribution in [1.29, 1.82) is 0 Å². The van der Waals surface area contributed by atoms with Gasteiger partial charge in [-0.1, -0.05) is 0 Å². The van der Waals surface area contributed by atoms with Crippen LogP contribution in [-0.2, 0) is 16.1 Å². The second-order valence-corrected chi connectivity index (χ2v) is 4.25. The molecule has 2 rings (SSSR count). The maximum absolute atomic E-state index is 9.00. The summed E-state index contributed by atoms with van der Waals surface area (Å²) in [7, 11) is 0. The van der Waals surface area contributed by atoms with E-state index in [1.54, 1.807) is 11.3 Å². The van der Waals surface area contributed by atoms with Crippen LogP contribution in [0.2, 0.25) is 0 Å². The van der Waals surface area contributed by atoms with Crippen molar-refractivity contribution in [2.24, 2.45) is 0 Å². The Morgan fingerprint density at radius 3 is 2.77 bits per heavy atom. The van der Waals surface area contributed by atoms with Gasteiger partial charge < -0.3 is 14.6 Å². The minimum absolute atomic E-state index is 0.0923. The van der Waals surface area contributed by atoms with Gasteiger partial charge in [0, 0.05) is 4.88 Å². The molecule has 0 atom stereocenters. The van der Waals surface area contributed by atoms with Gasteiger partial charge >= 0.3 is 0 Å². The quantitative estimate of drug-likeness (QED) is 0.788. The minimum Gasteiger partial charge on any atom is -0.392 e. The molecule has 0 saturated carbocycles. The smallest absolute Gasteiger partial charge is 0.193 e. The number of hydrogen-bond donors (Lipinski definition) is 1. The molecule has 13 heavy (non-hydrogen) atoms. The van der Waals surface area contributed by atoms with Crippen molar-refractivity contribution in [2.45, 2.75) is 19.8 Å². The lowest BCUT2D eigenvalue weighted by molar-refractivity contribution is -0.0413. The van der Waals surface area contributed by atoms with Crippen LogP contribution in [0.3, 0.4) is 0 Å². The monoisotopic (exact) mass is 200 g/mol. The first-order valence-corrected chi connectivity index (χ1v) is 5.06. The molecule has 0 unspecified atom stereocenters. The van der Waals surface area contributed by atoms with E-state index in [1.165, 1.54) is 0 Å². The van der Waals surface area contributed by atoms with Gasteiger partial charge in [0.15, 0.2) is 6.29 Å². The molecule has 72 valence electrons. The molecule has 1 aromatic heterocycles. The third-order valence-electron chi connectivity index (χ3n) is 2.06. The Kier molecular flexibility index (Phi) is 2.64. The van der Waals surface area contributed by atoms with Gasteiger partial charge in [0.2, 0.25) is 0 Å². The second kappa shape index (κ2) is 3.75. The van der Waals surface area contributed by atoms with Gasteiger partial charge in [-0.3, -0.25) is 0 Å². The fraction of sp³-hybridized carbons (Fsp3) is 0.556. The van der Waals surface area contributed by atoms with E-state index in [-0.39, 0.29) is 12.9 Å². The predicted octanol–water partition coefficient (Wildman–Crippen LogP) is 1.59. The van der Waals surface area contributed by atoms with E-state index in [9.17, 15) is 0 Å². The summed E-state index contributed by atoms with van der Waals surface area (Å²) in [5.74, 6) is 0. The van der Waals surface area contributed by atoms with Crippen LogP contribution in [0.5, 0.6) is 0 Å². The fourth-order valence-corrected chi connectivity index (χ4v) is 2.38. The van der Waals surface area contributed by atoms with Gasteiger partial charge in [0.05, 0.1) is 24.7 Å². The summed E-state index contributed by atoms with van der Waals surface area (Å²) in [4.78, 5) is 2.19. The molecule has 1 saturated heterocycles. The number of hydrogen-bond acceptors (Lipinski definition) is 4. The van der Waals surface area contributed by atoms with Crippen molar-refractivity contribution >= 4 is 11.3 Å². The third kappa shape index (κ3) is 1.76. The largest absolute Gasteiger partial charge is 0.392 e. The van der Waals surface area contributed by atoms with Crippen LogP contribution >= 0.6 is 11.3 Å². The summed E-state index contributed by atoms with van der Waals surface area (Å²) in [5, 5.41) is 9.00. The highest BCUT2D eigenvalue weighted by Gasteiger charge is 2.20. The molecule has 1 aliphatic heterocycles. The molecule has 0 bridgehead atoms. The number of rotatable bonds is 2. The number of aliphatic hydroxyl groups is 1. The van der Waals surface area contributed by atoms with Gasteiger partial charge in [-0.2, -0.15) is 0 Å². The van der Waals surface area contributed by atoms with Crippen molar-refractivity contribution in [3.8, 4) is 0 Å². The zero-order chi connectivity index (χ0) is 9.26. The Morgan fingerprint density at radius 2 is 2.23 bits per heavy atom. The fourth-order valence-electron chi connectivity index (χ4n) is 1.34. The first kappa shape index (κ1) is 9.15. The van der Waals surface area contributed by atoms with Crippen LogP contribution < -0.4 is 0 Å². The molecule has 0 aliphatic carbocycles. The Balaban J connectivity index is 2.20. The Morgan fingerprint density at radius 1 is 1.54 bits per heavy atom. The van der Waals surface area contributed by atoms with Crippen molar-refractivity contribution < 1.29 is 14.6 Å². The molecule has 1 aromatic rings. The molecule has 3 nitrogen and oxygen atoms in total. The van der Waals surface area contributed by atoms with E-state index in [0.29, 0.717) is 13.2 Å². The average Bonchev–Trinajstić information content (AvgIpc) is 2.71. The summed E-state index contributed by atoms with van der Waals surface area (Å²) in [6.07, 6.45) is -0.205. The summed E-state index contributed by atoms with van der Waals surface area (Å²) in [5.41, 5.74) is 0.971. The molecule has 2 heterocycles. The summed E-state index contributed by atoms with van der Waals surface area (Å²) >= 11 is 1.63. The lowest BCUT2D eigenvalue weighted by atomic mass is 10.2. The van der Waals surface area contributed by atoms with E-state index in [2.05, 4.69) is 0 Å². The highest BCUT2D eigenvalue weighted by molar-refractivity contribution is 7.12. The van der Waals surface area contributed by atoms with Crippen LogP contribution in [0.25, 0.3) is 0 Å². The Bertz CT molecular complexity index is 289. The maximum Gasteiger partial charge on any atom is 0.193 e. The second-order valence-electron chi connectivity index (χ2n) is 2.96. The molecule has 0 spiro atoms. The van der Waals surface area contributed by atoms with Crippen LogP contribution in [0, 0.1) is 6.92 Å². The van der Waals surface area contributed by atoms with Crippen LogP contribution in [0.15, 0.2) is 6.07 Å². The molecular weight excluding hydrogens is 188 g/mol. The number of thiophene rings is 1. The van der Waals surface area contributed by atoms with Gasteiger partial charge in [-0.25, -0.2) is 0 Å². The van der Waals surface area contributed by atoms with E-state index in [4.69, 9.17) is 14.6 Å². The van der Waals surface area contributed by atoms with Gasteiger partial charge in [-0.15, -0.1) is 11.3 Å². The molecule has 1 N–H and O–H groups in total. The molecule has 0 aromatic carbocycles. The van der Waals surface area contributed by atoms with Crippen LogP contribution in [0.1, 0.15) is 21.6 Å². The lowest BCUT2D eigenvalue weighted by Crippen LogP contribution is -1.93. The number of aryl methyl sites for hydroxylation is 1. The van der Waals surface area contributed by atoms with E-state index in [1.807, 2.05) is 13.0 Å². The molecule has 4 heteroatoms. The molecule has 0 amide bonds. The van der Waals surface area contributed by atoms with Crippen molar-refractivity contribution in [3.63, 3.8) is 0 Å². The molecule has 0 radical (unpaired) electrons. The Hall–Kier alpha value is -0.420. The standard InChI is InChI=1S/C9H12O3S/c1-6-7(5-10)4-8(13-6)9-11-2-3-12-9/h4,9-10H,2-3,5H2,1H3. The molecular formula is C9H12O3S. The highest BCUT2D eigenvalue weighted by atomic mass is 32.1. The van der Waals surface area contributed by atoms with Crippen LogP contribution in [-0.4, -0.2) is 18.3 Å². The first-order valence-electron chi connectivity index (χ1n) is 4.24.